The number of fused-ring (bicyclic) bond motifs is 10. The van der Waals surface area contributed by atoms with Crippen LogP contribution in [-0.4, -0.2) is 39.7 Å². The summed E-state index contributed by atoms with van der Waals surface area (Å²) in [6, 6.07) is 13.5. The quantitative estimate of drug-likeness (QED) is 0.285. The van der Waals surface area contributed by atoms with Crippen molar-refractivity contribution in [3.63, 3.8) is 0 Å². The van der Waals surface area contributed by atoms with Gasteiger partial charge >= 0.3 is 0 Å². The van der Waals surface area contributed by atoms with Gasteiger partial charge in [0.25, 0.3) is 11.8 Å². The number of benzene rings is 3. The van der Waals surface area contributed by atoms with Crippen LogP contribution in [0.4, 0.5) is 0 Å². The number of amides is 2. The minimum absolute atomic E-state index is 0.0789. The fraction of sp³-hybridized carbons (Fsp3) is 0.154. The number of para-hydroxylation sites is 1. The monoisotopic (exact) mass is 437 g/mol. The van der Waals surface area contributed by atoms with E-state index >= 15 is 0 Å². The minimum atomic E-state index is -0.520. The van der Waals surface area contributed by atoms with Gasteiger partial charge in [0.15, 0.2) is 0 Å². The van der Waals surface area contributed by atoms with E-state index in [4.69, 9.17) is 4.74 Å². The molecule has 2 amide bonds. The van der Waals surface area contributed by atoms with Gasteiger partial charge in [0.2, 0.25) is 0 Å². The number of carbonyl (C=O) groups is 2. The second kappa shape index (κ2) is 6.24. The SMILES string of the molecule is COc1ccc2[nH]c3c(c4c(c5c6ccccc6n([C@H]6C=C[C@@H](O)C6)c35)C(=O)NC4=O)c2c1. The van der Waals surface area contributed by atoms with Crippen molar-refractivity contribution in [2.75, 3.05) is 7.11 Å². The van der Waals surface area contributed by atoms with Crippen molar-refractivity contribution < 1.29 is 19.4 Å². The molecule has 3 N–H and O–H groups in total. The fourth-order valence-corrected chi connectivity index (χ4v) is 5.63. The predicted octanol–water partition coefficient (Wildman–Crippen LogP) is 4.18. The zero-order valence-electron chi connectivity index (χ0n) is 17.7. The molecule has 0 bridgehead atoms. The number of imide groups is 1. The molecule has 1 aliphatic heterocycles. The number of rotatable bonds is 2. The number of carbonyl (C=O) groups excluding carboxylic acids is 2. The highest BCUT2D eigenvalue weighted by Crippen LogP contribution is 2.46. The van der Waals surface area contributed by atoms with Gasteiger partial charge in [-0.3, -0.25) is 14.9 Å². The molecule has 5 aromatic rings. The van der Waals surface area contributed by atoms with Crippen molar-refractivity contribution in [3.8, 4) is 5.75 Å². The lowest BCUT2D eigenvalue weighted by Crippen LogP contribution is -2.20. The van der Waals surface area contributed by atoms with Crippen LogP contribution in [0.15, 0.2) is 54.6 Å². The van der Waals surface area contributed by atoms with Crippen LogP contribution in [-0.2, 0) is 0 Å². The van der Waals surface area contributed by atoms with Crippen molar-refractivity contribution in [1.82, 2.24) is 14.9 Å². The van der Waals surface area contributed by atoms with Gasteiger partial charge in [-0.25, -0.2) is 0 Å². The highest BCUT2D eigenvalue weighted by molar-refractivity contribution is 6.39. The molecule has 1 aliphatic carbocycles. The van der Waals surface area contributed by atoms with Gasteiger partial charge in [-0.15, -0.1) is 0 Å². The summed E-state index contributed by atoms with van der Waals surface area (Å²) in [6.07, 6.45) is 3.84. The number of aliphatic hydroxyl groups is 1. The number of ether oxygens (including phenoxy) is 1. The smallest absolute Gasteiger partial charge is 0.259 e. The Hall–Kier alpha value is -4.10. The number of hydrogen-bond donors (Lipinski definition) is 3. The van der Waals surface area contributed by atoms with Crippen LogP contribution >= 0.6 is 0 Å². The Morgan fingerprint density at radius 3 is 2.55 bits per heavy atom. The van der Waals surface area contributed by atoms with E-state index in [0.29, 0.717) is 28.7 Å². The molecule has 33 heavy (non-hydrogen) atoms. The van der Waals surface area contributed by atoms with Crippen molar-refractivity contribution in [1.29, 1.82) is 0 Å². The fourth-order valence-electron chi connectivity index (χ4n) is 5.63. The molecule has 3 aromatic carbocycles. The number of H-pyrrole nitrogens is 1. The molecular weight excluding hydrogens is 418 g/mol. The Bertz CT molecular complexity index is 1720. The van der Waals surface area contributed by atoms with Crippen LogP contribution < -0.4 is 10.1 Å². The first-order valence-corrected chi connectivity index (χ1v) is 10.9. The number of allylic oxidation sites excluding steroid dienone is 1. The number of aliphatic hydroxyl groups excluding tert-OH is 1. The Morgan fingerprint density at radius 1 is 1.00 bits per heavy atom. The van der Waals surface area contributed by atoms with Crippen LogP contribution in [0.5, 0.6) is 5.75 Å². The Morgan fingerprint density at radius 2 is 1.79 bits per heavy atom. The summed E-state index contributed by atoms with van der Waals surface area (Å²) in [5, 5.41) is 15.9. The van der Waals surface area contributed by atoms with Crippen molar-refractivity contribution >= 4 is 55.4 Å². The highest BCUT2D eigenvalue weighted by Gasteiger charge is 2.36. The number of nitrogens with zero attached hydrogens (tertiary/aromatic N) is 1. The maximum Gasteiger partial charge on any atom is 0.259 e. The van der Waals surface area contributed by atoms with Gasteiger partial charge in [-0.1, -0.05) is 30.4 Å². The molecule has 162 valence electrons. The first-order valence-electron chi connectivity index (χ1n) is 10.9. The van der Waals surface area contributed by atoms with Gasteiger partial charge in [0.1, 0.15) is 5.75 Å². The molecule has 0 saturated heterocycles. The van der Waals surface area contributed by atoms with Gasteiger partial charge in [0.05, 0.1) is 41.4 Å². The van der Waals surface area contributed by atoms with Crippen LogP contribution in [0.2, 0.25) is 0 Å². The first-order chi connectivity index (χ1) is 16.1. The Kier molecular flexibility index (Phi) is 3.49. The summed E-state index contributed by atoms with van der Waals surface area (Å²) >= 11 is 0. The number of methoxy groups -OCH3 is 1. The predicted molar refractivity (Wildman–Crippen MR) is 126 cm³/mol. The van der Waals surface area contributed by atoms with E-state index < -0.39 is 12.0 Å². The largest absolute Gasteiger partial charge is 0.497 e. The average molecular weight is 437 g/mol. The molecule has 2 atom stereocenters. The number of aromatic nitrogens is 2. The molecule has 0 saturated carbocycles. The highest BCUT2D eigenvalue weighted by atomic mass is 16.5. The third-order valence-electron chi connectivity index (χ3n) is 6.95. The lowest BCUT2D eigenvalue weighted by Gasteiger charge is -2.16. The molecule has 0 unspecified atom stereocenters. The summed E-state index contributed by atoms with van der Waals surface area (Å²) < 4.78 is 7.62. The van der Waals surface area contributed by atoms with Crippen molar-refractivity contribution in [2.45, 2.75) is 18.6 Å². The Balaban J connectivity index is 1.78. The second-order valence-corrected chi connectivity index (χ2v) is 8.69. The molecule has 3 heterocycles. The van der Waals surface area contributed by atoms with Gasteiger partial charge in [-0.2, -0.15) is 0 Å². The first kappa shape index (κ1) is 18.5. The van der Waals surface area contributed by atoms with E-state index in [1.165, 1.54) is 0 Å². The molecule has 0 radical (unpaired) electrons. The maximum absolute atomic E-state index is 13.1. The molecule has 7 heteroatoms. The second-order valence-electron chi connectivity index (χ2n) is 8.69. The molecule has 7 nitrogen and oxygen atoms in total. The topological polar surface area (TPSA) is 96.3 Å². The maximum atomic E-state index is 13.1. The van der Waals surface area contributed by atoms with Crippen molar-refractivity contribution in [2.24, 2.45) is 0 Å². The normalized spacial score (nSPS) is 19.9. The summed E-state index contributed by atoms with van der Waals surface area (Å²) in [5.74, 6) is -0.105. The van der Waals surface area contributed by atoms with E-state index in [2.05, 4.69) is 14.9 Å². The number of hydrogen-bond acceptors (Lipinski definition) is 4. The molecule has 7 rings (SSSR count). The van der Waals surface area contributed by atoms with E-state index in [1.54, 1.807) is 7.11 Å². The van der Waals surface area contributed by atoms with Crippen LogP contribution in [0.1, 0.15) is 33.2 Å². The number of nitrogens with one attached hydrogen (secondary N) is 2. The lowest BCUT2D eigenvalue weighted by atomic mass is 9.96. The van der Waals surface area contributed by atoms with Gasteiger partial charge in [0, 0.05) is 39.0 Å². The molecule has 0 spiro atoms. The van der Waals surface area contributed by atoms with Crippen LogP contribution in [0, 0.1) is 0 Å². The minimum Gasteiger partial charge on any atom is -0.497 e. The third kappa shape index (κ3) is 2.27. The molecule has 0 fully saturated rings. The zero-order chi connectivity index (χ0) is 22.4. The zero-order valence-corrected chi connectivity index (χ0v) is 17.7. The number of aromatic amines is 1. The van der Waals surface area contributed by atoms with Gasteiger partial charge in [-0.05, 0) is 24.3 Å². The standard InChI is InChI=1S/C26H19N3O4/c1-33-14-8-9-17-16(11-14)19-21-22(26(32)28-25(21)31)20-15-4-2-3-5-18(15)29(24(20)23(19)27-17)12-6-7-13(30)10-12/h2-9,11-13,27,30H,10H2,1H3,(H,28,31,32)/t12-,13+/m0/s1. The summed E-state index contributed by atoms with van der Waals surface area (Å²) in [5.41, 5.74) is 4.26. The van der Waals surface area contributed by atoms with Crippen LogP contribution in [0.3, 0.4) is 0 Å². The van der Waals surface area contributed by atoms with E-state index in [0.717, 1.165) is 38.2 Å². The van der Waals surface area contributed by atoms with E-state index in [9.17, 15) is 14.7 Å². The third-order valence-corrected chi connectivity index (χ3v) is 6.95. The van der Waals surface area contributed by atoms with Crippen molar-refractivity contribution in [3.05, 3.63) is 65.7 Å². The molecular formula is C26H19N3O4. The summed E-state index contributed by atoms with van der Waals surface area (Å²) in [6.45, 7) is 0. The Labute approximate surface area is 187 Å². The molecule has 2 aromatic heterocycles. The lowest BCUT2D eigenvalue weighted by molar-refractivity contribution is 0.0880. The van der Waals surface area contributed by atoms with E-state index in [-0.39, 0.29) is 11.9 Å². The molecule has 2 aliphatic rings. The summed E-state index contributed by atoms with van der Waals surface area (Å²) in [4.78, 5) is 29.7. The van der Waals surface area contributed by atoms with Gasteiger partial charge < -0.3 is 19.4 Å². The summed E-state index contributed by atoms with van der Waals surface area (Å²) in [7, 11) is 1.60. The van der Waals surface area contributed by atoms with E-state index in [1.807, 2.05) is 54.6 Å². The van der Waals surface area contributed by atoms with Crippen LogP contribution in [0.25, 0.3) is 43.6 Å². The average Bonchev–Trinajstić information content (AvgIpc) is 3.55.